The Labute approximate surface area is 141 Å². The molecule has 0 aromatic rings. The minimum atomic E-state index is -0.671. The summed E-state index contributed by atoms with van der Waals surface area (Å²) in [6.45, 7) is 7.37. The SMILES string of the molecule is CCCN(CCCCC(=O)O)C1CC(OCC)C12CCCCC2. The molecule has 2 atom stereocenters. The van der Waals surface area contributed by atoms with Crippen molar-refractivity contribution >= 4 is 5.97 Å². The molecule has 2 saturated carbocycles. The van der Waals surface area contributed by atoms with E-state index in [1.54, 1.807) is 0 Å². The Morgan fingerprint density at radius 3 is 2.52 bits per heavy atom. The summed E-state index contributed by atoms with van der Waals surface area (Å²) in [6, 6.07) is 0.657. The first-order chi connectivity index (χ1) is 11.1. The Hall–Kier alpha value is -0.610. The molecule has 0 saturated heterocycles. The van der Waals surface area contributed by atoms with E-state index >= 15 is 0 Å². The molecular formula is C19H35NO3. The molecule has 2 aliphatic rings. The molecule has 0 amide bonds. The van der Waals surface area contributed by atoms with Gasteiger partial charge in [0.15, 0.2) is 0 Å². The van der Waals surface area contributed by atoms with Crippen LogP contribution in [0.1, 0.15) is 78.1 Å². The van der Waals surface area contributed by atoms with Crippen molar-refractivity contribution < 1.29 is 14.6 Å². The Morgan fingerprint density at radius 2 is 1.91 bits per heavy atom. The van der Waals surface area contributed by atoms with Crippen LogP contribution in [0, 0.1) is 5.41 Å². The maximum atomic E-state index is 10.7. The summed E-state index contributed by atoms with van der Waals surface area (Å²) < 4.78 is 6.08. The zero-order valence-electron chi connectivity index (χ0n) is 15.1. The smallest absolute Gasteiger partial charge is 0.303 e. The lowest BCUT2D eigenvalue weighted by atomic mass is 9.54. The average molecular weight is 325 g/mol. The van der Waals surface area contributed by atoms with Crippen molar-refractivity contribution in [1.29, 1.82) is 0 Å². The summed E-state index contributed by atoms with van der Waals surface area (Å²) in [5.74, 6) is -0.671. The molecule has 1 spiro atoms. The zero-order chi connectivity index (χ0) is 16.7. The summed E-state index contributed by atoms with van der Waals surface area (Å²) in [6.07, 6.45) is 11.6. The van der Waals surface area contributed by atoms with Gasteiger partial charge in [-0.15, -0.1) is 0 Å². The third-order valence-electron chi connectivity index (χ3n) is 5.93. The molecule has 2 fully saturated rings. The highest BCUT2D eigenvalue weighted by Gasteiger charge is 2.57. The number of nitrogens with zero attached hydrogens (tertiary/aromatic N) is 1. The Morgan fingerprint density at radius 1 is 1.17 bits per heavy atom. The molecule has 0 radical (unpaired) electrons. The summed E-state index contributed by atoms with van der Waals surface area (Å²) in [7, 11) is 0. The van der Waals surface area contributed by atoms with E-state index in [9.17, 15) is 4.79 Å². The Kier molecular flexibility index (Phi) is 7.35. The number of carboxylic acid groups (broad SMARTS) is 1. The quantitative estimate of drug-likeness (QED) is 0.615. The standard InChI is InChI=1S/C19H35NO3/c1-3-13-20(14-9-6-10-18(21)22)16-15-17(23-4-2)19(16)11-7-5-8-12-19/h16-17H,3-15H2,1-2H3,(H,21,22). The summed E-state index contributed by atoms with van der Waals surface area (Å²) >= 11 is 0. The first-order valence-electron chi connectivity index (χ1n) is 9.71. The van der Waals surface area contributed by atoms with E-state index in [-0.39, 0.29) is 0 Å². The molecule has 23 heavy (non-hydrogen) atoms. The van der Waals surface area contributed by atoms with Gasteiger partial charge in [-0.25, -0.2) is 0 Å². The fraction of sp³-hybridized carbons (Fsp3) is 0.947. The van der Waals surface area contributed by atoms with Gasteiger partial charge in [0, 0.05) is 24.5 Å². The van der Waals surface area contributed by atoms with Gasteiger partial charge >= 0.3 is 5.97 Å². The topological polar surface area (TPSA) is 49.8 Å². The van der Waals surface area contributed by atoms with Gasteiger partial charge < -0.3 is 9.84 Å². The monoisotopic (exact) mass is 325 g/mol. The molecule has 0 aliphatic heterocycles. The molecular weight excluding hydrogens is 290 g/mol. The van der Waals surface area contributed by atoms with Gasteiger partial charge in [-0.1, -0.05) is 26.2 Å². The second kappa shape index (κ2) is 9.03. The molecule has 0 aromatic carbocycles. The van der Waals surface area contributed by atoms with Crippen molar-refractivity contribution in [2.75, 3.05) is 19.7 Å². The van der Waals surface area contributed by atoms with Crippen LogP contribution >= 0.6 is 0 Å². The summed E-state index contributed by atoms with van der Waals surface area (Å²) in [5.41, 5.74) is 0.385. The lowest BCUT2D eigenvalue weighted by Crippen LogP contribution is -2.65. The third kappa shape index (κ3) is 4.48. The minimum Gasteiger partial charge on any atom is -0.481 e. The molecule has 2 rings (SSSR count). The largest absolute Gasteiger partial charge is 0.481 e. The van der Waals surface area contributed by atoms with Crippen LogP contribution in [0.15, 0.2) is 0 Å². The van der Waals surface area contributed by atoms with E-state index in [1.165, 1.54) is 44.9 Å². The van der Waals surface area contributed by atoms with Crippen molar-refractivity contribution in [2.24, 2.45) is 5.41 Å². The minimum absolute atomic E-state index is 0.303. The van der Waals surface area contributed by atoms with Gasteiger partial charge in [0.1, 0.15) is 0 Å². The van der Waals surface area contributed by atoms with Crippen LogP contribution in [0.2, 0.25) is 0 Å². The van der Waals surface area contributed by atoms with E-state index in [4.69, 9.17) is 9.84 Å². The summed E-state index contributed by atoms with van der Waals surface area (Å²) in [5, 5.41) is 8.81. The van der Waals surface area contributed by atoms with Gasteiger partial charge in [0.2, 0.25) is 0 Å². The van der Waals surface area contributed by atoms with E-state index < -0.39 is 5.97 Å². The van der Waals surface area contributed by atoms with Gasteiger partial charge in [-0.05, 0) is 58.5 Å². The molecule has 4 nitrogen and oxygen atoms in total. The molecule has 0 bridgehead atoms. The second-order valence-corrected chi connectivity index (χ2v) is 7.38. The van der Waals surface area contributed by atoms with Crippen LogP contribution in [0.25, 0.3) is 0 Å². The van der Waals surface area contributed by atoms with Crippen LogP contribution in [-0.2, 0) is 9.53 Å². The van der Waals surface area contributed by atoms with Crippen LogP contribution in [0.5, 0.6) is 0 Å². The lowest BCUT2D eigenvalue weighted by molar-refractivity contribution is -0.182. The van der Waals surface area contributed by atoms with Crippen molar-refractivity contribution in [3.05, 3.63) is 0 Å². The van der Waals surface area contributed by atoms with Crippen LogP contribution in [0.3, 0.4) is 0 Å². The summed E-state index contributed by atoms with van der Waals surface area (Å²) in [4.78, 5) is 13.4. The zero-order valence-corrected chi connectivity index (χ0v) is 15.1. The first kappa shape index (κ1) is 18.7. The number of hydrogen-bond acceptors (Lipinski definition) is 3. The highest BCUT2D eigenvalue weighted by atomic mass is 16.5. The highest BCUT2D eigenvalue weighted by molar-refractivity contribution is 5.66. The predicted octanol–water partition coefficient (Wildman–Crippen LogP) is 4.08. The van der Waals surface area contributed by atoms with Gasteiger partial charge in [0.05, 0.1) is 6.10 Å². The highest BCUT2D eigenvalue weighted by Crippen LogP contribution is 2.55. The van der Waals surface area contributed by atoms with Gasteiger partial charge in [-0.3, -0.25) is 9.69 Å². The maximum absolute atomic E-state index is 10.7. The van der Waals surface area contributed by atoms with Crippen molar-refractivity contribution in [2.45, 2.75) is 90.2 Å². The van der Waals surface area contributed by atoms with E-state index in [0.29, 0.717) is 24.0 Å². The predicted molar refractivity (Wildman–Crippen MR) is 92.7 cm³/mol. The number of aliphatic carboxylic acids is 1. The van der Waals surface area contributed by atoms with Crippen LogP contribution < -0.4 is 0 Å². The maximum Gasteiger partial charge on any atom is 0.303 e. The first-order valence-corrected chi connectivity index (χ1v) is 9.71. The number of rotatable bonds is 10. The molecule has 0 aromatic heterocycles. The number of carbonyl (C=O) groups is 1. The van der Waals surface area contributed by atoms with Crippen molar-refractivity contribution in [3.8, 4) is 0 Å². The normalized spacial score (nSPS) is 26.4. The second-order valence-electron chi connectivity index (χ2n) is 7.38. The Balaban J connectivity index is 1.95. The molecule has 4 heteroatoms. The van der Waals surface area contributed by atoms with Gasteiger partial charge in [-0.2, -0.15) is 0 Å². The molecule has 134 valence electrons. The molecule has 0 heterocycles. The van der Waals surface area contributed by atoms with E-state index in [1.807, 2.05) is 0 Å². The van der Waals surface area contributed by atoms with Crippen LogP contribution in [-0.4, -0.2) is 47.8 Å². The number of hydrogen-bond donors (Lipinski definition) is 1. The average Bonchev–Trinajstić information content (AvgIpc) is 2.55. The molecule has 2 unspecified atom stereocenters. The fourth-order valence-corrected chi connectivity index (χ4v) is 4.84. The Bertz CT molecular complexity index is 366. The number of ether oxygens (including phenoxy) is 1. The van der Waals surface area contributed by atoms with Crippen molar-refractivity contribution in [3.63, 3.8) is 0 Å². The molecule has 2 aliphatic carbocycles. The van der Waals surface area contributed by atoms with E-state index in [0.717, 1.165) is 32.5 Å². The van der Waals surface area contributed by atoms with Crippen LogP contribution in [0.4, 0.5) is 0 Å². The van der Waals surface area contributed by atoms with Gasteiger partial charge in [0.25, 0.3) is 0 Å². The third-order valence-corrected chi connectivity index (χ3v) is 5.93. The fourth-order valence-electron chi connectivity index (χ4n) is 4.84. The van der Waals surface area contributed by atoms with E-state index in [2.05, 4.69) is 18.7 Å². The number of unbranched alkanes of at least 4 members (excludes halogenated alkanes) is 1. The molecule has 1 N–H and O–H groups in total. The lowest BCUT2D eigenvalue weighted by Gasteiger charge is -2.61. The van der Waals surface area contributed by atoms with Crippen molar-refractivity contribution in [1.82, 2.24) is 4.90 Å². The number of carboxylic acids is 1.